The van der Waals surface area contributed by atoms with Crippen LogP contribution in [0.3, 0.4) is 0 Å². The number of nitrogens with one attached hydrogen (secondary N) is 1. The fourth-order valence-corrected chi connectivity index (χ4v) is 2.69. The monoisotopic (exact) mass is 324 g/mol. The molecular weight excluding hydrogens is 304 g/mol. The molecule has 0 aliphatic carbocycles. The van der Waals surface area contributed by atoms with Crippen LogP contribution in [0.4, 0.5) is 0 Å². The van der Waals surface area contributed by atoms with Crippen molar-refractivity contribution < 1.29 is 9.21 Å². The van der Waals surface area contributed by atoms with Gasteiger partial charge in [0.25, 0.3) is 0 Å². The van der Waals surface area contributed by atoms with Crippen LogP contribution in [0.25, 0.3) is 11.0 Å². The van der Waals surface area contributed by atoms with Crippen molar-refractivity contribution in [3.63, 3.8) is 0 Å². The maximum Gasteiger partial charge on any atom is 0.250 e. The van der Waals surface area contributed by atoms with Crippen LogP contribution in [0.15, 0.2) is 58.1 Å². The summed E-state index contributed by atoms with van der Waals surface area (Å²) >= 11 is 0. The number of aryl methyl sites for hydroxylation is 2. The van der Waals surface area contributed by atoms with Crippen molar-refractivity contribution in [3.05, 3.63) is 70.3 Å². The third kappa shape index (κ3) is 3.74. The molecule has 0 atom stereocenters. The number of rotatable bonds is 6. The number of carbonyl (C=O) groups excluding carboxylic acids is 1. The highest BCUT2D eigenvalue weighted by Crippen LogP contribution is 2.22. The van der Waals surface area contributed by atoms with Crippen molar-refractivity contribution in [2.24, 2.45) is 0 Å². The Hall–Kier alpha value is -2.82. The predicted molar refractivity (Wildman–Crippen MR) is 93.0 cm³/mol. The molecule has 124 valence electrons. The van der Waals surface area contributed by atoms with Crippen molar-refractivity contribution in [2.45, 2.75) is 26.3 Å². The number of carbonyl (C=O) groups is 1. The van der Waals surface area contributed by atoms with Gasteiger partial charge in [-0.25, -0.2) is 0 Å². The predicted octanol–water partition coefficient (Wildman–Crippen LogP) is 2.65. The summed E-state index contributed by atoms with van der Waals surface area (Å²) in [6.45, 7) is 3.13. The van der Waals surface area contributed by atoms with E-state index in [1.807, 2.05) is 31.2 Å². The Balaban J connectivity index is 1.50. The number of hydrogen-bond donors (Lipinski definition) is 1. The highest BCUT2D eigenvalue weighted by atomic mass is 16.3. The third-order valence-electron chi connectivity index (χ3n) is 3.96. The molecule has 2 aromatic heterocycles. The second kappa shape index (κ2) is 7.17. The first-order valence-corrected chi connectivity index (χ1v) is 8.02. The zero-order valence-corrected chi connectivity index (χ0v) is 13.6. The van der Waals surface area contributed by atoms with E-state index in [1.54, 1.807) is 23.1 Å². The number of furan rings is 1. The second-order valence-corrected chi connectivity index (χ2v) is 5.87. The smallest absolute Gasteiger partial charge is 0.250 e. The Labute approximate surface area is 139 Å². The largest absolute Gasteiger partial charge is 0.464 e. The Kier molecular flexibility index (Phi) is 4.79. The summed E-state index contributed by atoms with van der Waals surface area (Å²) in [6.07, 6.45) is 4.40. The molecule has 1 aromatic carbocycles. The normalized spacial score (nSPS) is 10.9. The van der Waals surface area contributed by atoms with Gasteiger partial charge in [0.15, 0.2) is 0 Å². The molecule has 5 nitrogen and oxygen atoms in total. The molecule has 0 saturated heterocycles. The fourth-order valence-electron chi connectivity index (χ4n) is 2.69. The average Bonchev–Trinajstić information content (AvgIpc) is 2.95. The van der Waals surface area contributed by atoms with Gasteiger partial charge < -0.3 is 14.3 Å². The first-order valence-electron chi connectivity index (χ1n) is 8.02. The Bertz CT molecular complexity index is 908. The SMILES string of the molecule is Cc1ccc2c(CC(=O)NCCCn3ccccc3=O)coc2c1. The molecule has 2 heterocycles. The quantitative estimate of drug-likeness (QED) is 0.709. The van der Waals surface area contributed by atoms with Crippen molar-refractivity contribution in [1.82, 2.24) is 9.88 Å². The van der Waals surface area contributed by atoms with Crippen molar-refractivity contribution in [2.75, 3.05) is 6.54 Å². The molecular formula is C19H20N2O3. The molecule has 1 N–H and O–H groups in total. The van der Waals surface area contributed by atoms with Crippen LogP contribution in [0.1, 0.15) is 17.5 Å². The van der Waals surface area contributed by atoms with Gasteiger partial charge in [-0.15, -0.1) is 0 Å². The number of amides is 1. The number of pyridine rings is 1. The molecule has 0 spiro atoms. The summed E-state index contributed by atoms with van der Waals surface area (Å²) in [5.74, 6) is -0.0429. The maximum absolute atomic E-state index is 12.1. The van der Waals surface area contributed by atoms with Gasteiger partial charge in [-0.2, -0.15) is 0 Å². The maximum atomic E-state index is 12.1. The number of nitrogens with zero attached hydrogens (tertiary/aromatic N) is 1. The zero-order valence-electron chi connectivity index (χ0n) is 13.6. The molecule has 3 rings (SSSR count). The minimum absolute atomic E-state index is 0.0241. The lowest BCUT2D eigenvalue weighted by molar-refractivity contribution is -0.120. The molecule has 24 heavy (non-hydrogen) atoms. The van der Waals surface area contributed by atoms with Gasteiger partial charge in [0.05, 0.1) is 12.7 Å². The lowest BCUT2D eigenvalue weighted by Crippen LogP contribution is -2.28. The summed E-state index contributed by atoms with van der Waals surface area (Å²) in [6, 6.07) is 11.0. The van der Waals surface area contributed by atoms with Crippen LogP contribution < -0.4 is 10.9 Å². The lowest BCUT2D eigenvalue weighted by atomic mass is 10.1. The van der Waals surface area contributed by atoms with Crippen molar-refractivity contribution in [1.29, 1.82) is 0 Å². The fraction of sp³-hybridized carbons (Fsp3) is 0.263. The number of fused-ring (bicyclic) bond motifs is 1. The number of benzene rings is 1. The van der Waals surface area contributed by atoms with E-state index in [-0.39, 0.29) is 11.5 Å². The summed E-state index contributed by atoms with van der Waals surface area (Å²) < 4.78 is 7.15. The van der Waals surface area contributed by atoms with Gasteiger partial charge in [-0.1, -0.05) is 18.2 Å². The van der Waals surface area contributed by atoms with E-state index >= 15 is 0 Å². The Morgan fingerprint density at radius 1 is 1.25 bits per heavy atom. The molecule has 5 heteroatoms. The Morgan fingerprint density at radius 3 is 2.96 bits per heavy atom. The lowest BCUT2D eigenvalue weighted by Gasteiger charge is -2.06. The molecule has 1 amide bonds. The van der Waals surface area contributed by atoms with Gasteiger partial charge in [-0.05, 0) is 31.0 Å². The van der Waals surface area contributed by atoms with Crippen LogP contribution >= 0.6 is 0 Å². The molecule has 0 saturated carbocycles. The summed E-state index contributed by atoms with van der Waals surface area (Å²) in [4.78, 5) is 23.7. The third-order valence-corrected chi connectivity index (χ3v) is 3.96. The van der Waals surface area contributed by atoms with E-state index in [1.165, 1.54) is 6.07 Å². The van der Waals surface area contributed by atoms with Crippen LogP contribution in [0, 0.1) is 6.92 Å². The summed E-state index contributed by atoms with van der Waals surface area (Å²) in [7, 11) is 0. The van der Waals surface area contributed by atoms with Crippen LogP contribution in [0.2, 0.25) is 0 Å². The van der Waals surface area contributed by atoms with E-state index < -0.39 is 0 Å². The zero-order chi connectivity index (χ0) is 16.9. The number of hydrogen-bond acceptors (Lipinski definition) is 3. The van der Waals surface area contributed by atoms with E-state index in [0.29, 0.717) is 25.9 Å². The van der Waals surface area contributed by atoms with E-state index in [2.05, 4.69) is 5.32 Å². The van der Waals surface area contributed by atoms with Crippen LogP contribution in [0.5, 0.6) is 0 Å². The molecule has 0 unspecified atom stereocenters. The summed E-state index contributed by atoms with van der Waals surface area (Å²) in [5, 5.41) is 3.87. The van der Waals surface area contributed by atoms with E-state index in [4.69, 9.17) is 4.42 Å². The van der Waals surface area contributed by atoms with E-state index in [0.717, 1.165) is 22.1 Å². The van der Waals surface area contributed by atoms with Gasteiger partial charge in [0, 0.05) is 36.3 Å². The molecule has 0 fully saturated rings. The van der Waals surface area contributed by atoms with Gasteiger partial charge in [-0.3, -0.25) is 9.59 Å². The Morgan fingerprint density at radius 2 is 2.12 bits per heavy atom. The van der Waals surface area contributed by atoms with E-state index in [9.17, 15) is 9.59 Å². The molecule has 0 radical (unpaired) electrons. The highest BCUT2D eigenvalue weighted by molar-refractivity contribution is 5.87. The molecule has 3 aromatic rings. The van der Waals surface area contributed by atoms with Gasteiger partial charge in [0.2, 0.25) is 11.5 Å². The minimum Gasteiger partial charge on any atom is -0.464 e. The molecule has 0 aliphatic heterocycles. The molecule has 0 bridgehead atoms. The number of aromatic nitrogens is 1. The first-order chi connectivity index (χ1) is 11.6. The average molecular weight is 324 g/mol. The second-order valence-electron chi connectivity index (χ2n) is 5.87. The van der Waals surface area contributed by atoms with Crippen LogP contribution in [-0.4, -0.2) is 17.0 Å². The van der Waals surface area contributed by atoms with Gasteiger partial charge >= 0.3 is 0 Å². The summed E-state index contributed by atoms with van der Waals surface area (Å²) in [5.41, 5.74) is 2.80. The standard InChI is InChI=1S/C19H20N2O3/c1-14-6-7-16-15(13-24-17(16)11-14)12-18(22)20-8-4-10-21-9-3-2-5-19(21)23/h2-3,5-7,9,11,13H,4,8,10,12H2,1H3,(H,20,22). The van der Waals surface area contributed by atoms with Crippen LogP contribution in [-0.2, 0) is 17.8 Å². The van der Waals surface area contributed by atoms with Gasteiger partial charge in [0.1, 0.15) is 5.58 Å². The highest BCUT2D eigenvalue weighted by Gasteiger charge is 2.10. The first kappa shape index (κ1) is 16.1. The molecule has 0 aliphatic rings. The van der Waals surface area contributed by atoms with Crippen molar-refractivity contribution in [3.8, 4) is 0 Å². The topological polar surface area (TPSA) is 64.2 Å². The minimum atomic E-state index is -0.0429. The van der Waals surface area contributed by atoms with Crippen molar-refractivity contribution >= 4 is 16.9 Å².